The number of carbonyl (C=O) groups excluding carboxylic acids is 5. The summed E-state index contributed by atoms with van der Waals surface area (Å²) >= 11 is 3.35. The van der Waals surface area contributed by atoms with E-state index < -0.39 is 57.1 Å². The van der Waals surface area contributed by atoms with Crippen LogP contribution in [0.5, 0.6) is 0 Å². The number of primary amides is 2. The summed E-state index contributed by atoms with van der Waals surface area (Å²) in [5.41, 5.74) is 10.1. The van der Waals surface area contributed by atoms with E-state index in [2.05, 4.69) is 10.6 Å². The number of aliphatic carboxylic acids is 1. The first-order valence-electron chi connectivity index (χ1n) is 33.4. The zero-order valence-corrected chi connectivity index (χ0v) is 72.9. The number of ether oxygens (including phenoxy) is 1. The van der Waals surface area contributed by atoms with Crippen molar-refractivity contribution in [3.63, 3.8) is 0 Å². The SMILES string of the molecule is CCC(C)C(=O)OCCCS(=O)(=O)[O-].CCC(C)C(N)=O.CCO[Si](CCCNC(=O)C(C)CC)(OCC)OCC.CCO[Si](CCCNC(=O)C(C)CC)(OCC)OCC.CO[Si](CCCSCC(C)C(=O)O)(OC)OC.CO[Si](CCCSCC(C)C(N)=O)(OC)OC.[K+]. The van der Waals surface area contributed by atoms with E-state index in [0.717, 1.165) is 86.4 Å². The first kappa shape index (κ1) is 109. The Labute approximate surface area is 635 Å². The number of hydrogen-bond donors (Lipinski definition) is 5. The predicted molar refractivity (Wildman–Crippen MR) is 386 cm³/mol. The summed E-state index contributed by atoms with van der Waals surface area (Å²) in [5.74, 6) is 1.07. The van der Waals surface area contributed by atoms with Crippen LogP contribution in [0.15, 0.2) is 0 Å². The number of carboxylic acid groups (broad SMARTS) is 1. The maximum absolute atomic E-state index is 11.7. The average molecular weight is 1540 g/mol. The summed E-state index contributed by atoms with van der Waals surface area (Å²) in [5, 5.41) is 14.6. The fourth-order valence-electron chi connectivity index (χ4n) is 7.24. The Hall–Kier alpha value is -0.546. The minimum atomic E-state index is -4.19. The molecule has 0 rings (SSSR count). The second-order valence-corrected chi connectivity index (χ2v) is 37.1. The third-order valence-corrected chi connectivity index (χ3v) is 29.6. The van der Waals surface area contributed by atoms with Gasteiger partial charge in [0.2, 0.25) is 23.6 Å². The monoisotopic (exact) mass is 1540 g/mol. The largest absolute Gasteiger partial charge is 1.00 e. The topological polar surface area (TPSA) is 376 Å². The molecular weight excluding hydrogens is 1400 g/mol. The first-order valence-corrected chi connectivity index (χ1v) is 45.0. The van der Waals surface area contributed by atoms with E-state index in [1.807, 2.05) is 96.9 Å². The van der Waals surface area contributed by atoms with Gasteiger partial charge in [-0.2, -0.15) is 23.5 Å². The standard InChI is InChI=1S/2C14H31NO4Si.C10H23NO4SSi.C10H22O5SSi.C8H16O5S.C5H11NO.K/c2*1-6-13(5)14(16)15-11-10-12-20(17-7-2,18-8-3)19-9-4;2*1-9(10(11)12)8-16-6-5-7-17(13-2,14-3)15-4;1-3-7(2)8(9)13-5-4-6-14(10,11)12;1-3-4(2)5(6)7;/h2*13H,6-12H2,1-5H3,(H,15,16);9H,5-8H2,1-4H3,(H2,11,12);9H,5-8H2,1-4H3,(H,11,12);7H,3-6H2,1-2H3,(H,10,11,12);4H,3H2,1-2H3,(H2,6,7);/q;;;;;;+1/p-1. The molecule has 96 heavy (non-hydrogen) atoms. The Morgan fingerprint density at radius 2 is 0.740 bits per heavy atom. The van der Waals surface area contributed by atoms with Crippen LogP contribution in [0.1, 0.15) is 169 Å². The predicted octanol–water partition coefficient (Wildman–Crippen LogP) is 6.02. The molecule has 0 aromatic carbocycles. The molecule has 0 bridgehead atoms. The molecule has 570 valence electrons. The number of amides is 4. The molecule has 7 N–H and O–H groups in total. The zero-order chi connectivity index (χ0) is 74.5. The van der Waals surface area contributed by atoms with Gasteiger partial charge in [0.15, 0.2) is 0 Å². The molecule has 0 saturated heterocycles. The van der Waals surface area contributed by atoms with E-state index in [0.29, 0.717) is 64.9 Å². The first-order chi connectivity index (χ1) is 44.7. The molecule has 0 fully saturated rings. The van der Waals surface area contributed by atoms with Gasteiger partial charge < -0.3 is 89.6 Å². The Balaban J connectivity index is -0.000000201. The van der Waals surface area contributed by atoms with Gasteiger partial charge in [-0.25, -0.2) is 8.42 Å². The van der Waals surface area contributed by atoms with Crippen LogP contribution in [0.25, 0.3) is 0 Å². The quantitative estimate of drug-likeness (QED) is 0.0201. The molecule has 0 radical (unpaired) electrons. The minimum Gasteiger partial charge on any atom is -0.748 e. The van der Waals surface area contributed by atoms with Crippen molar-refractivity contribution in [2.45, 2.75) is 193 Å². The minimum absolute atomic E-state index is 0. The van der Waals surface area contributed by atoms with Crippen LogP contribution in [0.4, 0.5) is 0 Å². The number of esters is 1. The Morgan fingerprint density at radius 3 is 0.979 bits per heavy atom. The Morgan fingerprint density at radius 1 is 0.448 bits per heavy atom. The molecule has 0 heterocycles. The van der Waals surface area contributed by atoms with Crippen molar-refractivity contribution < 1.29 is 156 Å². The van der Waals surface area contributed by atoms with E-state index in [9.17, 15) is 41.7 Å². The molecule has 0 aromatic heterocycles. The zero-order valence-electron chi connectivity index (χ0n) is 63.4. The van der Waals surface area contributed by atoms with Gasteiger partial charge >= 0.3 is 98.5 Å². The van der Waals surface area contributed by atoms with Gasteiger partial charge in [0.1, 0.15) is 0 Å². The molecule has 0 aliphatic rings. The van der Waals surface area contributed by atoms with E-state index in [4.69, 9.17) is 74.4 Å². The second-order valence-electron chi connectivity index (χ2n) is 21.7. The summed E-state index contributed by atoms with van der Waals surface area (Å²) in [4.78, 5) is 66.0. The molecule has 0 aromatic rings. The summed E-state index contributed by atoms with van der Waals surface area (Å²) in [6, 6.07) is 3.02. The van der Waals surface area contributed by atoms with Gasteiger partial charge in [-0.3, -0.25) is 28.8 Å². The molecule has 0 spiro atoms. The number of nitrogens with one attached hydrogen (secondary N) is 2. The fourth-order valence-corrected chi connectivity index (χ4v) is 18.9. The average Bonchev–Trinajstić information content (AvgIpc) is 1.01. The molecule has 0 aliphatic carbocycles. The van der Waals surface area contributed by atoms with Gasteiger partial charge in [0, 0.05) is 160 Å². The van der Waals surface area contributed by atoms with Crippen molar-refractivity contribution in [3.05, 3.63) is 0 Å². The third kappa shape index (κ3) is 59.9. The van der Waals surface area contributed by atoms with Gasteiger partial charge in [-0.05, 0) is 111 Å². The van der Waals surface area contributed by atoms with Crippen LogP contribution < -0.4 is 73.5 Å². The van der Waals surface area contributed by atoms with Crippen molar-refractivity contribution in [1.29, 1.82) is 0 Å². The van der Waals surface area contributed by atoms with Crippen LogP contribution in [-0.2, 0) is 96.7 Å². The normalized spacial score (nSPS) is 13.3. The Bertz CT molecular complexity index is 1880. The van der Waals surface area contributed by atoms with E-state index in [1.54, 1.807) is 80.0 Å². The van der Waals surface area contributed by atoms with Crippen molar-refractivity contribution in [1.82, 2.24) is 10.6 Å². The molecule has 27 nitrogen and oxygen atoms in total. The molecule has 6 atom stereocenters. The number of rotatable bonds is 52. The van der Waals surface area contributed by atoms with Gasteiger partial charge in [-0.15, -0.1) is 0 Å². The molecule has 35 heteroatoms. The van der Waals surface area contributed by atoms with Crippen LogP contribution in [0.2, 0.25) is 24.2 Å². The maximum atomic E-state index is 11.7. The van der Waals surface area contributed by atoms with Crippen molar-refractivity contribution in [2.24, 2.45) is 47.0 Å². The number of carboxylic acids is 1. The van der Waals surface area contributed by atoms with Crippen LogP contribution >= 0.6 is 23.5 Å². The summed E-state index contributed by atoms with van der Waals surface area (Å²) < 4.78 is 102. The van der Waals surface area contributed by atoms with E-state index >= 15 is 0 Å². The van der Waals surface area contributed by atoms with E-state index in [1.165, 1.54) is 0 Å². The van der Waals surface area contributed by atoms with Gasteiger partial charge in [0.25, 0.3) is 0 Å². The molecule has 4 amide bonds. The smallest absolute Gasteiger partial charge is 0.748 e. The molecule has 6 unspecified atom stereocenters. The summed E-state index contributed by atoms with van der Waals surface area (Å²) in [6.45, 7) is 35.3. The van der Waals surface area contributed by atoms with Gasteiger partial charge in [0.05, 0.1) is 28.6 Å². The molecular formula is C61H133KN4O23S3Si4. The van der Waals surface area contributed by atoms with Crippen molar-refractivity contribution in [2.75, 3.05) is 131 Å². The summed E-state index contributed by atoms with van der Waals surface area (Å²) in [7, 11) is -4.54. The number of thioether (sulfide) groups is 2. The number of carbonyl (C=O) groups is 6. The van der Waals surface area contributed by atoms with Crippen LogP contribution in [0, 0.1) is 35.5 Å². The van der Waals surface area contributed by atoms with Crippen molar-refractivity contribution >= 4 is 104 Å². The van der Waals surface area contributed by atoms with Crippen LogP contribution in [-0.4, -0.2) is 220 Å². The summed E-state index contributed by atoms with van der Waals surface area (Å²) in [6.07, 6.45) is 6.78. The maximum Gasteiger partial charge on any atom is 1.00 e. The van der Waals surface area contributed by atoms with Crippen LogP contribution in [0.3, 0.4) is 0 Å². The van der Waals surface area contributed by atoms with Gasteiger partial charge in [-0.1, -0.05) is 69.2 Å². The van der Waals surface area contributed by atoms with E-state index in [-0.39, 0.29) is 130 Å². The fraction of sp³-hybridized carbons (Fsp3) is 0.902. The van der Waals surface area contributed by atoms with Crippen molar-refractivity contribution in [3.8, 4) is 0 Å². The molecule has 0 aliphatic heterocycles. The molecule has 0 saturated carbocycles. The second kappa shape index (κ2) is 68.9. The number of nitrogens with two attached hydrogens (primary N) is 2. The Kier molecular flexibility index (Phi) is 78.1. The number of hydrogen-bond acceptors (Lipinski definition) is 24. The third-order valence-electron chi connectivity index (χ3n) is 14.2.